The normalized spacial score (nSPS) is 20.0. The van der Waals surface area contributed by atoms with Gasteiger partial charge in [-0.1, -0.05) is 49.2 Å². The number of rotatable bonds is 6. The first-order valence-corrected chi connectivity index (χ1v) is 11.3. The summed E-state index contributed by atoms with van der Waals surface area (Å²) in [6.45, 7) is 6.03. The lowest BCUT2D eigenvalue weighted by Gasteiger charge is -2.26. The smallest absolute Gasteiger partial charge is 0.228 e. The van der Waals surface area contributed by atoms with E-state index in [1.54, 1.807) is 12.3 Å². The van der Waals surface area contributed by atoms with Crippen molar-refractivity contribution in [3.05, 3.63) is 67.0 Å². The number of benzene rings is 1. The largest absolute Gasteiger partial charge is 0.340 e. The van der Waals surface area contributed by atoms with Gasteiger partial charge in [0.05, 0.1) is 5.92 Å². The highest BCUT2D eigenvalue weighted by molar-refractivity contribution is 5.83. The number of hydrogen-bond acceptors (Lipinski definition) is 3. The Morgan fingerprint density at radius 1 is 1.13 bits per heavy atom. The molecule has 1 saturated heterocycles. The minimum Gasteiger partial charge on any atom is -0.340 e. The summed E-state index contributed by atoms with van der Waals surface area (Å²) >= 11 is 0. The van der Waals surface area contributed by atoms with E-state index in [4.69, 9.17) is 0 Å². The van der Waals surface area contributed by atoms with Crippen LogP contribution in [0.3, 0.4) is 0 Å². The van der Waals surface area contributed by atoms with E-state index in [-0.39, 0.29) is 23.7 Å². The van der Waals surface area contributed by atoms with Gasteiger partial charge in [-0.2, -0.15) is 0 Å². The molecule has 1 aromatic heterocycles. The van der Waals surface area contributed by atoms with Gasteiger partial charge >= 0.3 is 0 Å². The zero-order valence-corrected chi connectivity index (χ0v) is 18.1. The van der Waals surface area contributed by atoms with Gasteiger partial charge in [0.25, 0.3) is 0 Å². The van der Waals surface area contributed by atoms with E-state index >= 15 is 0 Å². The average Bonchev–Trinajstić information content (AvgIpc) is 3.30. The van der Waals surface area contributed by atoms with Crippen LogP contribution in [-0.2, 0) is 16.0 Å². The molecule has 0 unspecified atom stereocenters. The van der Waals surface area contributed by atoms with Crippen molar-refractivity contribution in [3.63, 3.8) is 0 Å². The molecular formula is C26H31N3O2. The average molecular weight is 418 g/mol. The highest BCUT2D eigenvalue weighted by Gasteiger charge is 2.35. The Balaban J connectivity index is 1.55. The third-order valence-corrected chi connectivity index (χ3v) is 6.51. The van der Waals surface area contributed by atoms with Crippen molar-refractivity contribution in [2.75, 3.05) is 26.2 Å². The van der Waals surface area contributed by atoms with E-state index in [9.17, 15) is 9.59 Å². The molecule has 31 heavy (non-hydrogen) atoms. The van der Waals surface area contributed by atoms with Crippen molar-refractivity contribution in [1.82, 2.24) is 14.8 Å². The quantitative estimate of drug-likeness (QED) is 0.669. The second-order valence-corrected chi connectivity index (χ2v) is 8.68. The van der Waals surface area contributed by atoms with Gasteiger partial charge in [0.2, 0.25) is 11.8 Å². The van der Waals surface area contributed by atoms with Crippen molar-refractivity contribution in [1.29, 1.82) is 0 Å². The molecule has 162 valence electrons. The van der Waals surface area contributed by atoms with Gasteiger partial charge < -0.3 is 9.80 Å². The van der Waals surface area contributed by atoms with E-state index in [1.165, 1.54) is 0 Å². The van der Waals surface area contributed by atoms with E-state index in [1.807, 2.05) is 34.2 Å². The molecule has 0 radical (unpaired) electrons. The zero-order chi connectivity index (χ0) is 21.6. The molecule has 5 heteroatoms. The summed E-state index contributed by atoms with van der Waals surface area (Å²) < 4.78 is 0. The van der Waals surface area contributed by atoms with Crippen LogP contribution in [0.5, 0.6) is 0 Å². The highest BCUT2D eigenvalue weighted by Crippen LogP contribution is 2.28. The minimum atomic E-state index is -0.239. The van der Waals surface area contributed by atoms with Crippen LogP contribution in [0, 0.1) is 11.8 Å². The molecule has 5 nitrogen and oxygen atoms in total. The lowest BCUT2D eigenvalue weighted by molar-refractivity contribution is -0.136. The maximum absolute atomic E-state index is 13.3. The fourth-order valence-corrected chi connectivity index (χ4v) is 4.86. The third-order valence-electron chi connectivity index (χ3n) is 6.51. The molecule has 0 spiro atoms. The molecular weight excluding hydrogens is 386 g/mol. The number of amides is 2. The topological polar surface area (TPSA) is 53.5 Å². The number of nitrogens with zero attached hydrogens (tertiary/aromatic N) is 3. The lowest BCUT2D eigenvalue weighted by Crippen LogP contribution is -2.40. The van der Waals surface area contributed by atoms with Crippen molar-refractivity contribution < 1.29 is 9.59 Å². The predicted molar refractivity (Wildman–Crippen MR) is 122 cm³/mol. The van der Waals surface area contributed by atoms with E-state index in [0.29, 0.717) is 32.6 Å². The molecule has 4 rings (SSSR count). The van der Waals surface area contributed by atoms with E-state index < -0.39 is 0 Å². The van der Waals surface area contributed by atoms with Crippen LogP contribution in [0.1, 0.15) is 31.2 Å². The van der Waals surface area contributed by atoms with Crippen molar-refractivity contribution in [3.8, 4) is 11.1 Å². The van der Waals surface area contributed by atoms with Crippen LogP contribution < -0.4 is 0 Å². The monoisotopic (exact) mass is 417 g/mol. The number of hydrogen-bond donors (Lipinski definition) is 0. The highest BCUT2D eigenvalue weighted by atomic mass is 16.2. The Morgan fingerprint density at radius 2 is 1.94 bits per heavy atom. The second-order valence-electron chi connectivity index (χ2n) is 8.68. The summed E-state index contributed by atoms with van der Waals surface area (Å²) in [5, 5.41) is 0. The van der Waals surface area contributed by atoms with Gasteiger partial charge in [0.15, 0.2) is 0 Å². The van der Waals surface area contributed by atoms with Crippen LogP contribution in [0.2, 0.25) is 0 Å². The summed E-state index contributed by atoms with van der Waals surface area (Å²) in [5.41, 5.74) is 3.25. The van der Waals surface area contributed by atoms with Crippen molar-refractivity contribution in [2.24, 2.45) is 11.8 Å². The first-order chi connectivity index (χ1) is 15.2. The Labute approximate surface area is 184 Å². The van der Waals surface area contributed by atoms with E-state index in [2.05, 4.69) is 29.8 Å². The fraction of sp³-hybridized carbons (Fsp3) is 0.423. The van der Waals surface area contributed by atoms with Gasteiger partial charge in [-0.15, -0.1) is 6.58 Å². The molecule has 0 N–H and O–H groups in total. The molecule has 2 fully saturated rings. The van der Waals surface area contributed by atoms with Gasteiger partial charge in [-0.25, -0.2) is 0 Å². The maximum Gasteiger partial charge on any atom is 0.228 e. The zero-order valence-electron chi connectivity index (χ0n) is 18.1. The third kappa shape index (κ3) is 5.04. The molecule has 2 aromatic rings. The first-order valence-electron chi connectivity index (χ1n) is 11.3. The minimum absolute atomic E-state index is 0.119. The summed E-state index contributed by atoms with van der Waals surface area (Å²) in [7, 11) is 0. The Bertz CT molecular complexity index is 921. The van der Waals surface area contributed by atoms with Crippen LogP contribution in [0.25, 0.3) is 11.1 Å². The Morgan fingerprint density at radius 3 is 2.68 bits per heavy atom. The SMILES string of the molecule is C=CCN1CCN(C(=O)C2CCCC2)C[C@H](Cc2cccc(-c3cccnc3)c2)C1=O. The molecule has 1 saturated carbocycles. The number of aromatic nitrogens is 1. The Kier molecular flexibility index (Phi) is 6.80. The van der Waals surface area contributed by atoms with E-state index in [0.717, 1.165) is 42.4 Å². The molecule has 2 amide bonds. The predicted octanol–water partition coefficient (Wildman–Crippen LogP) is 3.95. The summed E-state index contributed by atoms with van der Waals surface area (Å²) in [5.74, 6) is 0.251. The van der Waals surface area contributed by atoms with Crippen LogP contribution in [0.4, 0.5) is 0 Å². The Hall–Kier alpha value is -2.95. The molecule has 1 aliphatic carbocycles. The number of carbonyl (C=O) groups is 2. The van der Waals surface area contributed by atoms with Crippen molar-refractivity contribution in [2.45, 2.75) is 32.1 Å². The molecule has 1 atom stereocenters. The summed E-state index contributed by atoms with van der Waals surface area (Å²) in [4.78, 5) is 34.5. The summed E-state index contributed by atoms with van der Waals surface area (Å²) in [6.07, 6.45) is 10.2. The number of carbonyl (C=O) groups excluding carboxylic acids is 2. The second kappa shape index (κ2) is 9.90. The van der Waals surface area contributed by atoms with Gasteiger partial charge in [-0.3, -0.25) is 14.6 Å². The molecule has 1 aliphatic heterocycles. The lowest BCUT2D eigenvalue weighted by atomic mass is 9.94. The fourth-order valence-electron chi connectivity index (χ4n) is 4.86. The van der Waals surface area contributed by atoms with Gasteiger partial charge in [0.1, 0.15) is 0 Å². The summed E-state index contributed by atoms with van der Waals surface area (Å²) in [6, 6.07) is 12.3. The standard InChI is InChI=1S/C26H31N3O2/c1-2-13-28-14-15-29(25(30)21-8-3-4-9-21)19-24(26(28)31)17-20-7-5-10-22(16-20)23-11-6-12-27-18-23/h2,5-7,10-12,16,18,21,24H,1,3-4,8-9,13-15,17,19H2/t24-/m0/s1. The molecule has 1 aromatic carbocycles. The molecule has 2 aliphatic rings. The maximum atomic E-state index is 13.3. The van der Waals surface area contributed by atoms with Crippen molar-refractivity contribution >= 4 is 11.8 Å². The van der Waals surface area contributed by atoms with Gasteiger partial charge in [0, 0.05) is 44.5 Å². The van der Waals surface area contributed by atoms with Gasteiger partial charge in [-0.05, 0) is 42.0 Å². The number of pyridine rings is 1. The van der Waals surface area contributed by atoms with Crippen LogP contribution >= 0.6 is 0 Å². The first kappa shape index (κ1) is 21.3. The molecule has 0 bridgehead atoms. The molecule has 2 heterocycles. The van der Waals surface area contributed by atoms with Crippen LogP contribution in [-0.4, -0.2) is 52.8 Å². The van der Waals surface area contributed by atoms with Crippen LogP contribution in [0.15, 0.2) is 61.4 Å².